The molecule has 2 nitrogen and oxygen atoms in total. The first-order valence-corrected chi connectivity index (χ1v) is 11.5. The second-order valence-corrected chi connectivity index (χ2v) is 10.4. The summed E-state index contributed by atoms with van der Waals surface area (Å²) in [4.78, 5) is 28.2. The maximum Gasteiger partial charge on any atom is 0.212 e. The number of fused-ring (bicyclic) bond motifs is 3. The average molecular weight is 417 g/mol. The molecule has 0 atom stereocenters. The van der Waals surface area contributed by atoms with Gasteiger partial charge in [0, 0.05) is 9.40 Å². The van der Waals surface area contributed by atoms with Crippen molar-refractivity contribution in [3.8, 4) is 0 Å². The fraction of sp³-hybridized carbons (Fsp3) is 0. The van der Waals surface area contributed by atoms with E-state index >= 15 is 0 Å². The first-order chi connectivity index (χ1) is 12.2. The van der Waals surface area contributed by atoms with E-state index in [4.69, 9.17) is 0 Å². The Morgan fingerprint density at radius 2 is 1.12 bits per heavy atom. The van der Waals surface area contributed by atoms with E-state index in [1.54, 1.807) is 11.3 Å². The van der Waals surface area contributed by atoms with Crippen LogP contribution in [0.2, 0.25) is 0 Å². The molecule has 0 radical (unpaired) electrons. The van der Waals surface area contributed by atoms with Gasteiger partial charge in [0.15, 0.2) is 0 Å². The maximum atomic E-state index is 12.6. The number of rotatable bonds is 4. The minimum Gasteiger partial charge on any atom is -0.287 e. The summed E-state index contributed by atoms with van der Waals surface area (Å²) >= 11 is 7.66. The SMILES string of the molecule is O=C(c1cccs1)c1cc2sc3cc(C(=O)c4cccs4)sc3c2s1. The minimum atomic E-state index is 0.0861. The summed E-state index contributed by atoms with van der Waals surface area (Å²) in [7, 11) is 0. The van der Waals surface area contributed by atoms with Crippen LogP contribution in [0, 0.1) is 0 Å². The average Bonchev–Trinajstić information content (AvgIpc) is 3.40. The zero-order valence-corrected chi connectivity index (χ0v) is 16.6. The van der Waals surface area contributed by atoms with Gasteiger partial charge in [0.05, 0.1) is 28.9 Å². The van der Waals surface area contributed by atoms with Gasteiger partial charge in [-0.15, -0.1) is 56.7 Å². The van der Waals surface area contributed by atoms with Crippen LogP contribution in [0.3, 0.4) is 0 Å². The van der Waals surface area contributed by atoms with Crippen LogP contribution in [-0.4, -0.2) is 11.6 Å². The topological polar surface area (TPSA) is 34.1 Å². The van der Waals surface area contributed by atoms with E-state index in [1.165, 1.54) is 45.3 Å². The molecule has 0 aromatic carbocycles. The van der Waals surface area contributed by atoms with Gasteiger partial charge in [-0.3, -0.25) is 9.59 Å². The van der Waals surface area contributed by atoms with E-state index in [-0.39, 0.29) is 11.6 Å². The Bertz CT molecular complexity index is 1120. The Labute approximate surface area is 162 Å². The molecule has 5 aromatic heterocycles. The van der Waals surface area contributed by atoms with Crippen LogP contribution < -0.4 is 0 Å². The van der Waals surface area contributed by atoms with E-state index < -0.39 is 0 Å². The van der Waals surface area contributed by atoms with Crippen LogP contribution in [0.15, 0.2) is 47.2 Å². The predicted octanol–water partition coefficient (Wildman–Crippen LogP) is 6.76. The van der Waals surface area contributed by atoms with Gasteiger partial charge in [0.25, 0.3) is 0 Å². The number of carbonyl (C=O) groups is 2. The van der Waals surface area contributed by atoms with Gasteiger partial charge in [-0.1, -0.05) is 12.1 Å². The Morgan fingerprint density at radius 1 is 0.640 bits per heavy atom. The smallest absolute Gasteiger partial charge is 0.212 e. The van der Waals surface area contributed by atoms with Crippen LogP contribution in [0.25, 0.3) is 18.8 Å². The van der Waals surface area contributed by atoms with Gasteiger partial charge in [-0.05, 0) is 35.0 Å². The Morgan fingerprint density at radius 3 is 1.52 bits per heavy atom. The zero-order chi connectivity index (χ0) is 17.0. The van der Waals surface area contributed by atoms with Gasteiger partial charge in [-0.25, -0.2) is 0 Å². The molecule has 0 amide bonds. The molecule has 0 saturated heterocycles. The standard InChI is InChI=1S/C18H8O2S5/c19-15(9-3-1-5-21-9)11-7-13-17(24-11)18-14(23-13)8-12(25-18)16(20)10-4-2-6-22-10/h1-8H. The summed E-state index contributed by atoms with van der Waals surface area (Å²) in [5.74, 6) is 0.172. The molecule has 0 N–H and O–H groups in total. The zero-order valence-electron chi connectivity index (χ0n) is 12.5. The van der Waals surface area contributed by atoms with Gasteiger partial charge in [-0.2, -0.15) is 0 Å². The van der Waals surface area contributed by atoms with E-state index in [9.17, 15) is 9.59 Å². The molecule has 0 aliphatic heterocycles. The first kappa shape index (κ1) is 15.6. The Hall–Kier alpha value is -1.64. The molecule has 25 heavy (non-hydrogen) atoms. The monoisotopic (exact) mass is 416 g/mol. The largest absolute Gasteiger partial charge is 0.287 e. The Balaban J connectivity index is 1.58. The highest BCUT2D eigenvalue weighted by atomic mass is 32.1. The third-order valence-corrected chi connectivity index (χ3v) is 9.27. The molecule has 0 aliphatic rings. The van der Waals surface area contributed by atoms with Crippen molar-refractivity contribution in [3.05, 3.63) is 66.7 Å². The van der Waals surface area contributed by atoms with Gasteiger partial charge < -0.3 is 0 Å². The van der Waals surface area contributed by atoms with Crippen molar-refractivity contribution in [1.82, 2.24) is 0 Å². The second kappa shape index (κ2) is 5.96. The third kappa shape index (κ3) is 2.54. The first-order valence-electron chi connectivity index (χ1n) is 7.33. The highest BCUT2D eigenvalue weighted by Gasteiger charge is 2.20. The lowest BCUT2D eigenvalue weighted by Crippen LogP contribution is -1.93. The molecule has 0 spiro atoms. The lowest BCUT2D eigenvalue weighted by Gasteiger charge is -1.91. The Kier molecular flexibility index (Phi) is 3.72. The highest BCUT2D eigenvalue weighted by Crippen LogP contribution is 2.44. The van der Waals surface area contributed by atoms with Gasteiger partial charge in [0.2, 0.25) is 11.6 Å². The van der Waals surface area contributed by atoms with Crippen LogP contribution in [0.4, 0.5) is 0 Å². The number of hydrogen-bond donors (Lipinski definition) is 0. The normalized spacial score (nSPS) is 11.5. The van der Waals surface area contributed by atoms with E-state index in [2.05, 4.69) is 0 Å². The molecular formula is C18H8O2S5. The number of ketones is 2. The fourth-order valence-electron chi connectivity index (χ4n) is 2.62. The van der Waals surface area contributed by atoms with Crippen molar-refractivity contribution in [3.63, 3.8) is 0 Å². The van der Waals surface area contributed by atoms with Crippen LogP contribution >= 0.6 is 56.7 Å². The summed E-state index contributed by atoms with van der Waals surface area (Å²) in [6.07, 6.45) is 0. The number of carbonyl (C=O) groups excluding carboxylic acids is 2. The molecule has 0 fully saturated rings. The van der Waals surface area contributed by atoms with E-state index in [1.807, 2.05) is 47.2 Å². The molecule has 0 aliphatic carbocycles. The molecule has 5 heterocycles. The molecule has 0 saturated carbocycles. The van der Waals surface area contributed by atoms with Crippen molar-refractivity contribution in [2.24, 2.45) is 0 Å². The van der Waals surface area contributed by atoms with Crippen molar-refractivity contribution >= 4 is 87.1 Å². The molecule has 0 unspecified atom stereocenters. The minimum absolute atomic E-state index is 0.0861. The summed E-state index contributed by atoms with van der Waals surface area (Å²) in [5.41, 5.74) is 0. The van der Waals surface area contributed by atoms with Gasteiger partial charge >= 0.3 is 0 Å². The fourth-order valence-corrected chi connectivity index (χ4v) is 8.03. The third-order valence-electron chi connectivity index (χ3n) is 3.76. The van der Waals surface area contributed by atoms with Crippen LogP contribution in [0.5, 0.6) is 0 Å². The molecule has 5 rings (SSSR count). The molecule has 0 bridgehead atoms. The van der Waals surface area contributed by atoms with Gasteiger partial charge in [0.1, 0.15) is 0 Å². The predicted molar refractivity (Wildman–Crippen MR) is 111 cm³/mol. The van der Waals surface area contributed by atoms with E-state index in [0.29, 0.717) is 0 Å². The van der Waals surface area contributed by atoms with Crippen LogP contribution in [0.1, 0.15) is 29.1 Å². The summed E-state index contributed by atoms with van der Waals surface area (Å²) in [5, 5.41) is 3.84. The number of hydrogen-bond acceptors (Lipinski definition) is 7. The summed E-state index contributed by atoms with van der Waals surface area (Å²) < 4.78 is 4.49. The van der Waals surface area contributed by atoms with Crippen molar-refractivity contribution in [2.45, 2.75) is 0 Å². The maximum absolute atomic E-state index is 12.6. The van der Waals surface area contributed by atoms with Crippen molar-refractivity contribution < 1.29 is 9.59 Å². The lowest BCUT2D eigenvalue weighted by molar-refractivity contribution is 0.103. The van der Waals surface area contributed by atoms with Crippen molar-refractivity contribution in [1.29, 1.82) is 0 Å². The van der Waals surface area contributed by atoms with Crippen molar-refractivity contribution in [2.75, 3.05) is 0 Å². The second-order valence-electron chi connectivity index (χ2n) is 5.32. The highest BCUT2D eigenvalue weighted by molar-refractivity contribution is 7.39. The lowest BCUT2D eigenvalue weighted by atomic mass is 10.2. The van der Waals surface area contributed by atoms with Crippen LogP contribution in [-0.2, 0) is 0 Å². The molecular weight excluding hydrogens is 409 g/mol. The van der Waals surface area contributed by atoms with E-state index in [0.717, 1.165) is 38.3 Å². The summed E-state index contributed by atoms with van der Waals surface area (Å²) in [6.45, 7) is 0. The number of thiophene rings is 5. The molecule has 5 aromatic rings. The molecule has 122 valence electrons. The quantitative estimate of drug-likeness (QED) is 0.303. The molecule has 7 heteroatoms. The summed E-state index contributed by atoms with van der Waals surface area (Å²) in [6, 6.07) is 11.5.